The van der Waals surface area contributed by atoms with Crippen molar-refractivity contribution in [3.63, 3.8) is 0 Å². The number of rotatable bonds is 2. The van der Waals surface area contributed by atoms with Gasteiger partial charge in [0.15, 0.2) is 0 Å². The standard InChI is InChI=1S/C9H11N6/c1-6-4-8(12-9-10-5-11-13-9)15(14-6)7-2-3-7/h4-5,7H,2-3H2,1H3,(H,12,13). The molecule has 2 heterocycles. The highest BCUT2D eigenvalue weighted by molar-refractivity contribution is 6.01. The second-order valence-electron chi connectivity index (χ2n) is 3.76. The van der Waals surface area contributed by atoms with Crippen LogP contribution in [-0.2, 0) is 0 Å². The SMILES string of the molecule is Cc1cc(NC2=NN=C[N]2)n(C2CC2)n1. The van der Waals surface area contributed by atoms with Crippen LogP contribution < -0.4 is 10.6 Å². The zero-order valence-electron chi connectivity index (χ0n) is 8.38. The third kappa shape index (κ3) is 1.58. The van der Waals surface area contributed by atoms with Gasteiger partial charge < -0.3 is 5.32 Å². The molecule has 0 aromatic carbocycles. The highest BCUT2D eigenvalue weighted by Gasteiger charge is 2.27. The van der Waals surface area contributed by atoms with E-state index in [9.17, 15) is 0 Å². The molecule has 1 aromatic rings. The first kappa shape index (κ1) is 8.46. The molecule has 1 aliphatic carbocycles. The van der Waals surface area contributed by atoms with Crippen LogP contribution in [0.15, 0.2) is 16.3 Å². The Hall–Kier alpha value is -1.85. The van der Waals surface area contributed by atoms with E-state index >= 15 is 0 Å². The summed E-state index contributed by atoms with van der Waals surface area (Å²) in [5.41, 5.74) is 1.00. The van der Waals surface area contributed by atoms with Crippen LogP contribution in [0.2, 0.25) is 0 Å². The molecule has 1 aliphatic heterocycles. The Morgan fingerprint density at radius 3 is 3.00 bits per heavy atom. The molecule has 0 atom stereocenters. The Labute approximate surface area is 87.1 Å². The Morgan fingerprint density at radius 2 is 2.33 bits per heavy atom. The molecule has 0 bridgehead atoms. The summed E-state index contributed by atoms with van der Waals surface area (Å²) in [4.78, 5) is 0. The van der Waals surface area contributed by atoms with Gasteiger partial charge in [-0.2, -0.15) is 10.4 Å². The maximum Gasteiger partial charge on any atom is 0.249 e. The van der Waals surface area contributed by atoms with Crippen LogP contribution in [0, 0.1) is 6.92 Å². The van der Waals surface area contributed by atoms with E-state index in [1.54, 1.807) is 0 Å². The van der Waals surface area contributed by atoms with Gasteiger partial charge in [-0.3, -0.25) is 0 Å². The van der Waals surface area contributed by atoms with Crippen molar-refractivity contribution in [1.82, 2.24) is 15.1 Å². The average molecular weight is 203 g/mol. The quantitative estimate of drug-likeness (QED) is 0.774. The van der Waals surface area contributed by atoms with Crippen molar-refractivity contribution in [3.8, 4) is 0 Å². The maximum absolute atomic E-state index is 4.43. The summed E-state index contributed by atoms with van der Waals surface area (Å²) < 4.78 is 2.01. The Kier molecular flexibility index (Phi) is 1.74. The number of hydrogen-bond acceptors (Lipinski definition) is 4. The van der Waals surface area contributed by atoms with Gasteiger partial charge in [0, 0.05) is 6.07 Å². The Bertz CT molecular complexity index is 439. The molecule has 15 heavy (non-hydrogen) atoms. The fourth-order valence-corrected chi connectivity index (χ4v) is 1.57. The van der Waals surface area contributed by atoms with E-state index in [0.29, 0.717) is 12.0 Å². The van der Waals surface area contributed by atoms with E-state index in [1.165, 1.54) is 19.2 Å². The largest absolute Gasteiger partial charge is 0.308 e. The monoisotopic (exact) mass is 203 g/mol. The van der Waals surface area contributed by atoms with Gasteiger partial charge in [0.2, 0.25) is 5.96 Å². The minimum Gasteiger partial charge on any atom is -0.308 e. The van der Waals surface area contributed by atoms with Crippen molar-refractivity contribution >= 4 is 18.1 Å². The molecule has 6 nitrogen and oxygen atoms in total. The number of hydrogen-bond donors (Lipinski definition) is 1. The van der Waals surface area contributed by atoms with Crippen LogP contribution >= 0.6 is 0 Å². The minimum absolute atomic E-state index is 0.525. The maximum atomic E-state index is 4.43. The summed E-state index contributed by atoms with van der Waals surface area (Å²) in [7, 11) is 0. The molecule has 0 saturated heterocycles. The van der Waals surface area contributed by atoms with Gasteiger partial charge in [0.05, 0.1) is 11.7 Å². The molecule has 2 aliphatic rings. The topological polar surface area (TPSA) is 68.7 Å². The van der Waals surface area contributed by atoms with E-state index in [0.717, 1.165) is 11.5 Å². The molecule has 0 unspecified atom stereocenters. The molecule has 77 valence electrons. The molecule has 6 heteroatoms. The molecule has 1 N–H and O–H groups in total. The summed E-state index contributed by atoms with van der Waals surface area (Å²) in [5.74, 6) is 1.47. The van der Waals surface area contributed by atoms with E-state index in [2.05, 4.69) is 25.9 Å². The van der Waals surface area contributed by atoms with Crippen LogP contribution in [-0.4, -0.2) is 22.1 Å². The Balaban J connectivity index is 1.83. The van der Waals surface area contributed by atoms with Crippen molar-refractivity contribution in [2.24, 2.45) is 10.2 Å². The number of nitrogens with zero attached hydrogens (tertiary/aromatic N) is 5. The van der Waals surface area contributed by atoms with Gasteiger partial charge >= 0.3 is 0 Å². The molecule has 3 rings (SSSR count). The lowest BCUT2D eigenvalue weighted by molar-refractivity contribution is 0.644. The predicted octanol–water partition coefficient (Wildman–Crippen LogP) is 0.856. The van der Waals surface area contributed by atoms with Crippen molar-refractivity contribution in [1.29, 1.82) is 0 Å². The number of aromatic nitrogens is 2. The molecule has 1 saturated carbocycles. The van der Waals surface area contributed by atoms with Crippen molar-refractivity contribution in [3.05, 3.63) is 11.8 Å². The number of anilines is 1. The minimum atomic E-state index is 0.525. The smallest absolute Gasteiger partial charge is 0.249 e. The number of nitrogens with one attached hydrogen (secondary N) is 1. The highest BCUT2D eigenvalue weighted by atomic mass is 15.4. The molecular weight excluding hydrogens is 192 g/mol. The first-order valence-corrected chi connectivity index (χ1v) is 4.96. The normalized spacial score (nSPS) is 18.9. The fourth-order valence-electron chi connectivity index (χ4n) is 1.57. The van der Waals surface area contributed by atoms with E-state index in [1.807, 2.05) is 17.7 Å². The lowest BCUT2D eigenvalue weighted by Gasteiger charge is -2.06. The summed E-state index contributed by atoms with van der Waals surface area (Å²) in [6, 6.07) is 2.54. The zero-order valence-corrected chi connectivity index (χ0v) is 8.38. The van der Waals surface area contributed by atoms with Crippen LogP contribution in [0.4, 0.5) is 5.82 Å². The first-order valence-electron chi connectivity index (χ1n) is 4.96. The van der Waals surface area contributed by atoms with Crippen LogP contribution in [0.1, 0.15) is 24.6 Å². The summed E-state index contributed by atoms with van der Waals surface area (Å²) in [6.45, 7) is 1.98. The van der Waals surface area contributed by atoms with Crippen molar-refractivity contribution in [2.45, 2.75) is 25.8 Å². The van der Waals surface area contributed by atoms with E-state index in [4.69, 9.17) is 0 Å². The average Bonchev–Trinajstić information content (AvgIpc) is 2.81. The van der Waals surface area contributed by atoms with Crippen LogP contribution in [0.5, 0.6) is 0 Å². The van der Waals surface area contributed by atoms with Gasteiger partial charge in [-0.05, 0) is 19.8 Å². The van der Waals surface area contributed by atoms with Gasteiger partial charge in [-0.15, -0.1) is 10.2 Å². The number of aryl methyl sites for hydroxylation is 1. The lowest BCUT2D eigenvalue weighted by Crippen LogP contribution is -2.21. The predicted molar refractivity (Wildman–Crippen MR) is 56.9 cm³/mol. The van der Waals surface area contributed by atoms with Gasteiger partial charge in [-0.1, -0.05) is 0 Å². The highest BCUT2D eigenvalue weighted by Crippen LogP contribution is 2.36. The molecule has 0 amide bonds. The second kappa shape index (κ2) is 3.08. The molecule has 1 radical (unpaired) electrons. The lowest BCUT2D eigenvalue weighted by atomic mass is 10.5. The molecule has 1 fully saturated rings. The summed E-state index contributed by atoms with van der Waals surface area (Å²) >= 11 is 0. The molecule has 1 aromatic heterocycles. The fraction of sp³-hybridized carbons (Fsp3) is 0.444. The second-order valence-corrected chi connectivity index (χ2v) is 3.76. The Morgan fingerprint density at radius 1 is 1.47 bits per heavy atom. The van der Waals surface area contributed by atoms with Gasteiger partial charge in [0.1, 0.15) is 12.2 Å². The molecular formula is C9H11N6. The van der Waals surface area contributed by atoms with E-state index in [-0.39, 0.29) is 0 Å². The summed E-state index contributed by atoms with van der Waals surface area (Å²) in [5, 5.41) is 19.0. The van der Waals surface area contributed by atoms with Gasteiger partial charge in [0.25, 0.3) is 0 Å². The zero-order chi connectivity index (χ0) is 10.3. The van der Waals surface area contributed by atoms with E-state index < -0.39 is 0 Å². The van der Waals surface area contributed by atoms with Crippen molar-refractivity contribution in [2.75, 3.05) is 5.32 Å². The molecule has 0 spiro atoms. The number of guanidine groups is 1. The third-order valence-corrected chi connectivity index (χ3v) is 2.37. The third-order valence-electron chi connectivity index (χ3n) is 2.37. The first-order chi connectivity index (χ1) is 7.33. The van der Waals surface area contributed by atoms with Crippen LogP contribution in [0.3, 0.4) is 0 Å². The summed E-state index contributed by atoms with van der Waals surface area (Å²) in [6.07, 6.45) is 3.83. The van der Waals surface area contributed by atoms with Gasteiger partial charge in [-0.25, -0.2) is 4.68 Å². The van der Waals surface area contributed by atoms with Crippen molar-refractivity contribution < 1.29 is 0 Å². The van der Waals surface area contributed by atoms with Crippen LogP contribution in [0.25, 0.3) is 0 Å².